The molecule has 0 amide bonds. The van der Waals surface area contributed by atoms with Gasteiger partial charge in [-0.2, -0.15) is 8.42 Å². The maximum absolute atomic E-state index is 12.2. The second kappa shape index (κ2) is 2.86. The number of aromatic nitrogens is 1. The lowest BCUT2D eigenvalue weighted by atomic mass is 10.5. The van der Waals surface area contributed by atoms with E-state index in [1.165, 1.54) is 6.20 Å². The fourth-order valence-electron chi connectivity index (χ4n) is 0.526. The molecule has 1 rings (SSSR count). The summed E-state index contributed by atoms with van der Waals surface area (Å²) in [7, 11) is -4.62. The SMILES string of the molecule is O=S(=O)(F)c1cncc(Br)c1. The van der Waals surface area contributed by atoms with Crippen LogP contribution in [0.25, 0.3) is 0 Å². The highest BCUT2D eigenvalue weighted by Gasteiger charge is 2.11. The molecule has 0 radical (unpaired) electrons. The minimum absolute atomic E-state index is 0.427. The standard InChI is InChI=1S/C5H3BrFNO2S/c6-4-1-5(3-8-2-4)11(7,9)10/h1-3H. The van der Waals surface area contributed by atoms with Crippen LogP contribution >= 0.6 is 15.9 Å². The highest BCUT2D eigenvalue weighted by molar-refractivity contribution is 9.10. The first-order valence-corrected chi connectivity index (χ1v) is 4.73. The molecule has 1 aromatic rings. The zero-order valence-electron chi connectivity index (χ0n) is 5.16. The van der Waals surface area contributed by atoms with E-state index in [9.17, 15) is 12.3 Å². The van der Waals surface area contributed by atoms with Crippen molar-refractivity contribution in [3.8, 4) is 0 Å². The van der Waals surface area contributed by atoms with Crippen molar-refractivity contribution < 1.29 is 12.3 Å². The first-order valence-electron chi connectivity index (χ1n) is 2.55. The minimum atomic E-state index is -4.62. The number of halogens is 2. The van der Waals surface area contributed by atoms with Gasteiger partial charge in [0.1, 0.15) is 4.90 Å². The largest absolute Gasteiger partial charge is 0.333 e. The lowest BCUT2D eigenvalue weighted by Crippen LogP contribution is -1.92. The molecule has 0 aromatic carbocycles. The molecule has 6 heteroatoms. The number of pyridine rings is 1. The van der Waals surface area contributed by atoms with Gasteiger partial charge < -0.3 is 0 Å². The normalized spacial score (nSPS) is 11.5. The molecule has 0 spiro atoms. The third-order valence-corrected chi connectivity index (χ3v) is 2.18. The molecule has 0 aliphatic heterocycles. The molecule has 0 unspecified atom stereocenters. The van der Waals surface area contributed by atoms with Crippen molar-refractivity contribution in [3.05, 3.63) is 22.9 Å². The molecular formula is C5H3BrFNO2S. The van der Waals surface area contributed by atoms with Crippen LogP contribution in [0.2, 0.25) is 0 Å². The van der Waals surface area contributed by atoms with E-state index in [-0.39, 0.29) is 0 Å². The molecule has 0 bridgehead atoms. The molecule has 1 aromatic heterocycles. The highest BCUT2D eigenvalue weighted by atomic mass is 79.9. The van der Waals surface area contributed by atoms with Gasteiger partial charge in [-0.15, -0.1) is 3.89 Å². The monoisotopic (exact) mass is 239 g/mol. The van der Waals surface area contributed by atoms with Gasteiger partial charge in [-0.1, -0.05) is 0 Å². The Bertz CT molecular complexity index is 365. The van der Waals surface area contributed by atoms with E-state index in [0.717, 1.165) is 12.3 Å². The summed E-state index contributed by atoms with van der Waals surface area (Å²) in [4.78, 5) is 3.05. The number of hydrogen-bond acceptors (Lipinski definition) is 3. The Labute approximate surface area is 71.6 Å². The number of hydrogen-bond donors (Lipinski definition) is 0. The first-order chi connectivity index (χ1) is 5.00. The van der Waals surface area contributed by atoms with Crippen LogP contribution in [0.3, 0.4) is 0 Å². The van der Waals surface area contributed by atoms with Crippen molar-refractivity contribution in [3.63, 3.8) is 0 Å². The fourth-order valence-corrected chi connectivity index (χ4v) is 1.50. The van der Waals surface area contributed by atoms with E-state index in [4.69, 9.17) is 0 Å². The van der Waals surface area contributed by atoms with Crippen molar-refractivity contribution in [1.82, 2.24) is 4.98 Å². The van der Waals surface area contributed by atoms with E-state index >= 15 is 0 Å². The van der Waals surface area contributed by atoms with E-state index in [2.05, 4.69) is 20.9 Å². The molecule has 0 aliphatic carbocycles. The molecule has 0 fully saturated rings. The summed E-state index contributed by atoms with van der Waals surface area (Å²) in [5.41, 5.74) is 0. The fraction of sp³-hybridized carbons (Fsp3) is 0. The second-order valence-corrected chi connectivity index (χ2v) is 4.04. The topological polar surface area (TPSA) is 47.0 Å². The van der Waals surface area contributed by atoms with E-state index in [0.29, 0.717) is 4.47 Å². The third kappa shape index (κ3) is 2.23. The number of rotatable bonds is 1. The Morgan fingerprint density at radius 3 is 2.45 bits per heavy atom. The van der Waals surface area contributed by atoms with Crippen molar-refractivity contribution in [1.29, 1.82) is 0 Å². The minimum Gasteiger partial charge on any atom is -0.262 e. The zero-order chi connectivity index (χ0) is 8.48. The van der Waals surface area contributed by atoms with Gasteiger partial charge in [-0.3, -0.25) is 4.98 Å². The Kier molecular flexibility index (Phi) is 2.24. The van der Waals surface area contributed by atoms with Crippen molar-refractivity contribution in [2.45, 2.75) is 4.90 Å². The highest BCUT2D eigenvalue weighted by Crippen LogP contribution is 2.15. The third-order valence-electron chi connectivity index (χ3n) is 0.961. The molecule has 0 saturated carbocycles. The van der Waals surface area contributed by atoms with Gasteiger partial charge in [0.25, 0.3) is 0 Å². The summed E-state index contributed by atoms with van der Waals surface area (Å²) < 4.78 is 33.2. The zero-order valence-corrected chi connectivity index (χ0v) is 7.56. The Balaban J connectivity index is 3.28. The van der Waals surface area contributed by atoms with Gasteiger partial charge in [0.05, 0.1) is 0 Å². The molecule has 1 heterocycles. The molecule has 3 nitrogen and oxygen atoms in total. The summed E-state index contributed by atoms with van der Waals surface area (Å²) >= 11 is 2.96. The Morgan fingerprint density at radius 2 is 2.09 bits per heavy atom. The molecule has 0 N–H and O–H groups in total. The summed E-state index contributed by atoms with van der Waals surface area (Å²) in [6.45, 7) is 0. The average molecular weight is 240 g/mol. The maximum atomic E-state index is 12.2. The van der Waals surface area contributed by atoms with Crippen molar-refractivity contribution in [2.75, 3.05) is 0 Å². The van der Waals surface area contributed by atoms with E-state index in [1.54, 1.807) is 0 Å². The second-order valence-electron chi connectivity index (χ2n) is 1.78. The van der Waals surface area contributed by atoms with Crippen LogP contribution in [0.4, 0.5) is 3.89 Å². The molecule has 0 atom stereocenters. The molecular weight excluding hydrogens is 237 g/mol. The Morgan fingerprint density at radius 1 is 1.45 bits per heavy atom. The molecule has 0 saturated heterocycles. The molecule has 11 heavy (non-hydrogen) atoms. The first kappa shape index (κ1) is 8.61. The summed E-state index contributed by atoms with van der Waals surface area (Å²) in [6, 6.07) is 1.14. The Hall–Kier alpha value is -0.490. The van der Waals surface area contributed by atoms with Crippen LogP contribution in [-0.2, 0) is 10.2 Å². The predicted molar refractivity (Wildman–Crippen MR) is 40.2 cm³/mol. The van der Waals surface area contributed by atoms with Crippen LogP contribution in [-0.4, -0.2) is 13.4 Å². The summed E-state index contributed by atoms with van der Waals surface area (Å²) in [6.07, 6.45) is 2.31. The smallest absolute Gasteiger partial charge is 0.262 e. The lowest BCUT2D eigenvalue weighted by molar-refractivity contribution is 0.551. The van der Waals surface area contributed by atoms with E-state index < -0.39 is 15.1 Å². The summed E-state index contributed by atoms with van der Waals surface area (Å²) in [5, 5.41) is 0. The van der Waals surface area contributed by atoms with Gasteiger partial charge in [0.15, 0.2) is 0 Å². The van der Waals surface area contributed by atoms with Gasteiger partial charge >= 0.3 is 10.2 Å². The lowest BCUT2D eigenvalue weighted by Gasteiger charge is -1.92. The predicted octanol–water partition coefficient (Wildman–Crippen LogP) is 1.50. The van der Waals surface area contributed by atoms with Gasteiger partial charge in [-0.05, 0) is 22.0 Å². The van der Waals surface area contributed by atoms with Crippen molar-refractivity contribution in [2.24, 2.45) is 0 Å². The summed E-state index contributed by atoms with van der Waals surface area (Å²) in [5.74, 6) is 0. The quantitative estimate of drug-likeness (QED) is 0.699. The van der Waals surface area contributed by atoms with Crippen LogP contribution in [0, 0.1) is 0 Å². The van der Waals surface area contributed by atoms with Crippen LogP contribution < -0.4 is 0 Å². The van der Waals surface area contributed by atoms with Crippen LogP contribution in [0.1, 0.15) is 0 Å². The van der Waals surface area contributed by atoms with Gasteiger partial charge in [-0.25, -0.2) is 0 Å². The van der Waals surface area contributed by atoms with Gasteiger partial charge in [0.2, 0.25) is 0 Å². The molecule has 0 aliphatic rings. The maximum Gasteiger partial charge on any atom is 0.333 e. The van der Waals surface area contributed by atoms with Gasteiger partial charge in [0, 0.05) is 16.9 Å². The van der Waals surface area contributed by atoms with Crippen molar-refractivity contribution >= 4 is 26.2 Å². The average Bonchev–Trinajstić information content (AvgIpc) is 1.86. The van der Waals surface area contributed by atoms with Crippen LogP contribution in [0.15, 0.2) is 27.8 Å². The molecule has 60 valence electrons. The van der Waals surface area contributed by atoms with E-state index in [1.807, 2.05) is 0 Å². The van der Waals surface area contributed by atoms with Crippen LogP contribution in [0.5, 0.6) is 0 Å². The number of nitrogens with zero attached hydrogens (tertiary/aromatic N) is 1.